The summed E-state index contributed by atoms with van der Waals surface area (Å²) in [7, 11) is 0. The highest BCUT2D eigenvalue weighted by Crippen LogP contribution is 2.18. The monoisotopic (exact) mass is 213 g/mol. The van der Waals surface area contributed by atoms with Crippen LogP contribution in [-0.2, 0) is 4.74 Å². The van der Waals surface area contributed by atoms with Crippen molar-refractivity contribution in [2.45, 2.75) is 32.0 Å². The van der Waals surface area contributed by atoms with E-state index in [0.717, 1.165) is 45.4 Å². The van der Waals surface area contributed by atoms with E-state index in [2.05, 4.69) is 16.7 Å². The highest BCUT2D eigenvalue weighted by molar-refractivity contribution is 4.81. The maximum absolute atomic E-state index is 5.88. The second-order valence-electron chi connectivity index (χ2n) is 4.66. The van der Waals surface area contributed by atoms with Crippen molar-refractivity contribution in [2.75, 3.05) is 39.4 Å². The van der Waals surface area contributed by atoms with E-state index >= 15 is 0 Å². The van der Waals surface area contributed by atoms with E-state index < -0.39 is 0 Å². The molecule has 0 aromatic heterocycles. The summed E-state index contributed by atoms with van der Waals surface area (Å²) in [6, 6.07) is 0.767. The summed E-state index contributed by atoms with van der Waals surface area (Å²) in [6.07, 6.45) is 2.75. The standard InChI is InChI=1S/C11H23N3O/c1-10(12)13-4-2-11(3-5-13)14-6-8-15-9-7-14/h10-11H,2-9,12H2,1H3. The Morgan fingerprint density at radius 3 is 2.27 bits per heavy atom. The second kappa shape index (κ2) is 5.25. The average molecular weight is 213 g/mol. The second-order valence-corrected chi connectivity index (χ2v) is 4.66. The van der Waals surface area contributed by atoms with Gasteiger partial charge in [0.15, 0.2) is 0 Å². The van der Waals surface area contributed by atoms with Gasteiger partial charge in [0.05, 0.1) is 19.4 Å². The van der Waals surface area contributed by atoms with Gasteiger partial charge in [-0.1, -0.05) is 0 Å². The molecule has 0 aromatic rings. The molecule has 0 aromatic carbocycles. The fraction of sp³-hybridized carbons (Fsp3) is 1.00. The minimum atomic E-state index is 0.218. The molecule has 0 bridgehead atoms. The molecule has 0 aliphatic carbocycles. The quantitative estimate of drug-likeness (QED) is 0.706. The van der Waals surface area contributed by atoms with Gasteiger partial charge in [0.1, 0.15) is 0 Å². The van der Waals surface area contributed by atoms with E-state index in [-0.39, 0.29) is 6.17 Å². The van der Waals surface area contributed by atoms with E-state index in [0.29, 0.717) is 0 Å². The molecular formula is C11H23N3O. The number of hydrogen-bond acceptors (Lipinski definition) is 4. The summed E-state index contributed by atoms with van der Waals surface area (Å²) in [5.41, 5.74) is 5.88. The molecule has 0 spiro atoms. The molecule has 1 unspecified atom stereocenters. The first-order valence-corrected chi connectivity index (χ1v) is 6.09. The Kier molecular flexibility index (Phi) is 3.97. The highest BCUT2D eigenvalue weighted by Gasteiger charge is 2.26. The van der Waals surface area contributed by atoms with Crippen molar-refractivity contribution in [3.8, 4) is 0 Å². The molecule has 0 radical (unpaired) electrons. The summed E-state index contributed by atoms with van der Waals surface area (Å²) >= 11 is 0. The molecule has 2 fully saturated rings. The zero-order chi connectivity index (χ0) is 10.7. The smallest absolute Gasteiger partial charge is 0.0594 e. The van der Waals surface area contributed by atoms with Gasteiger partial charge in [0.25, 0.3) is 0 Å². The van der Waals surface area contributed by atoms with Crippen LogP contribution >= 0.6 is 0 Å². The van der Waals surface area contributed by atoms with Crippen LogP contribution in [-0.4, -0.2) is 61.4 Å². The van der Waals surface area contributed by atoms with Gasteiger partial charge in [-0.2, -0.15) is 0 Å². The van der Waals surface area contributed by atoms with Crippen molar-refractivity contribution in [1.82, 2.24) is 9.80 Å². The minimum Gasteiger partial charge on any atom is -0.379 e. The van der Waals surface area contributed by atoms with E-state index in [1.165, 1.54) is 12.8 Å². The molecule has 0 saturated carbocycles. The van der Waals surface area contributed by atoms with Crippen LogP contribution in [0.15, 0.2) is 0 Å². The molecule has 0 amide bonds. The first kappa shape index (κ1) is 11.3. The number of piperidine rings is 1. The number of likely N-dealkylation sites (tertiary alicyclic amines) is 1. The largest absolute Gasteiger partial charge is 0.379 e. The Morgan fingerprint density at radius 2 is 1.73 bits per heavy atom. The predicted molar refractivity (Wildman–Crippen MR) is 60.6 cm³/mol. The van der Waals surface area contributed by atoms with E-state index in [4.69, 9.17) is 10.5 Å². The Labute approximate surface area is 92.4 Å². The van der Waals surface area contributed by atoms with Crippen LogP contribution in [0.2, 0.25) is 0 Å². The van der Waals surface area contributed by atoms with Gasteiger partial charge < -0.3 is 10.5 Å². The molecule has 2 saturated heterocycles. The van der Waals surface area contributed by atoms with Gasteiger partial charge in [-0.15, -0.1) is 0 Å². The molecule has 4 heteroatoms. The fourth-order valence-corrected chi connectivity index (χ4v) is 2.60. The molecule has 2 N–H and O–H groups in total. The molecule has 2 aliphatic rings. The first-order valence-electron chi connectivity index (χ1n) is 6.09. The Balaban J connectivity index is 1.77. The lowest BCUT2D eigenvalue weighted by Gasteiger charge is -2.41. The SMILES string of the molecule is CC(N)N1CCC(N2CCOCC2)CC1. The molecule has 2 aliphatic heterocycles. The molecule has 2 rings (SSSR count). The lowest BCUT2D eigenvalue weighted by molar-refractivity contribution is -0.00223. The van der Waals surface area contributed by atoms with Crippen LogP contribution in [0.5, 0.6) is 0 Å². The van der Waals surface area contributed by atoms with E-state index in [1.807, 2.05) is 0 Å². The third kappa shape index (κ3) is 2.91. The maximum atomic E-state index is 5.88. The number of ether oxygens (including phenoxy) is 1. The number of nitrogens with zero attached hydrogens (tertiary/aromatic N) is 2. The van der Waals surface area contributed by atoms with Crippen molar-refractivity contribution in [1.29, 1.82) is 0 Å². The number of hydrogen-bond donors (Lipinski definition) is 1. The molecule has 15 heavy (non-hydrogen) atoms. The summed E-state index contributed by atoms with van der Waals surface area (Å²) in [5.74, 6) is 0. The van der Waals surface area contributed by atoms with Crippen LogP contribution < -0.4 is 5.73 Å². The number of rotatable bonds is 2. The summed E-state index contributed by atoms with van der Waals surface area (Å²) in [4.78, 5) is 4.96. The van der Waals surface area contributed by atoms with Gasteiger partial charge in [-0.25, -0.2) is 0 Å². The fourth-order valence-electron chi connectivity index (χ4n) is 2.60. The van der Waals surface area contributed by atoms with Gasteiger partial charge in [-0.3, -0.25) is 9.80 Å². The van der Waals surface area contributed by atoms with Gasteiger partial charge in [0, 0.05) is 32.2 Å². The zero-order valence-corrected chi connectivity index (χ0v) is 9.69. The number of morpholine rings is 1. The van der Waals surface area contributed by atoms with Crippen LogP contribution in [0.4, 0.5) is 0 Å². The maximum Gasteiger partial charge on any atom is 0.0594 e. The molecule has 4 nitrogen and oxygen atoms in total. The van der Waals surface area contributed by atoms with Gasteiger partial charge in [0.2, 0.25) is 0 Å². The molecule has 88 valence electrons. The zero-order valence-electron chi connectivity index (χ0n) is 9.69. The third-order valence-electron chi connectivity index (χ3n) is 3.64. The van der Waals surface area contributed by atoms with Crippen LogP contribution in [0.25, 0.3) is 0 Å². The van der Waals surface area contributed by atoms with E-state index in [1.54, 1.807) is 0 Å². The summed E-state index contributed by atoms with van der Waals surface area (Å²) in [5, 5.41) is 0. The minimum absolute atomic E-state index is 0.218. The van der Waals surface area contributed by atoms with Gasteiger partial charge >= 0.3 is 0 Å². The van der Waals surface area contributed by atoms with Crippen molar-refractivity contribution in [3.05, 3.63) is 0 Å². The Morgan fingerprint density at radius 1 is 1.13 bits per heavy atom. The Bertz CT molecular complexity index is 184. The van der Waals surface area contributed by atoms with Crippen LogP contribution in [0.3, 0.4) is 0 Å². The summed E-state index contributed by atoms with van der Waals surface area (Å²) < 4.78 is 5.38. The molecular weight excluding hydrogens is 190 g/mol. The third-order valence-corrected chi connectivity index (χ3v) is 3.64. The van der Waals surface area contributed by atoms with Crippen molar-refractivity contribution in [2.24, 2.45) is 5.73 Å². The van der Waals surface area contributed by atoms with Crippen LogP contribution in [0, 0.1) is 0 Å². The highest BCUT2D eigenvalue weighted by atomic mass is 16.5. The van der Waals surface area contributed by atoms with E-state index in [9.17, 15) is 0 Å². The normalized spacial score (nSPS) is 29.2. The Hall–Kier alpha value is -0.160. The van der Waals surface area contributed by atoms with Crippen LogP contribution in [0.1, 0.15) is 19.8 Å². The molecule has 1 atom stereocenters. The van der Waals surface area contributed by atoms with Crippen molar-refractivity contribution in [3.63, 3.8) is 0 Å². The lowest BCUT2D eigenvalue weighted by Crippen LogP contribution is -2.52. The predicted octanol–water partition coefficient (Wildman–Crippen LogP) is 0.0877. The summed E-state index contributed by atoms with van der Waals surface area (Å²) in [6.45, 7) is 8.43. The number of nitrogens with two attached hydrogens (primary N) is 1. The topological polar surface area (TPSA) is 41.7 Å². The van der Waals surface area contributed by atoms with Crippen molar-refractivity contribution < 1.29 is 4.74 Å². The van der Waals surface area contributed by atoms with Crippen molar-refractivity contribution >= 4 is 0 Å². The first-order chi connectivity index (χ1) is 7.27. The average Bonchev–Trinajstić information content (AvgIpc) is 2.30. The lowest BCUT2D eigenvalue weighted by atomic mass is 10.0. The van der Waals surface area contributed by atoms with Gasteiger partial charge in [-0.05, 0) is 19.8 Å². The molecule has 2 heterocycles.